The van der Waals surface area contributed by atoms with Gasteiger partial charge in [0.2, 0.25) is 0 Å². The number of rotatable bonds is 10. The topological polar surface area (TPSA) is 38.7 Å². The van der Waals surface area contributed by atoms with Crippen LogP contribution in [0.5, 0.6) is 0 Å². The van der Waals surface area contributed by atoms with E-state index in [2.05, 4.69) is 0 Å². The molecule has 0 heterocycles. The van der Waals surface area contributed by atoms with Gasteiger partial charge in [-0.15, -0.1) is 0 Å². The molecule has 90 valence electrons. The molecule has 0 aromatic carbocycles. The second-order valence-electron chi connectivity index (χ2n) is 4.37. The first-order chi connectivity index (χ1) is 7.38. The predicted molar refractivity (Wildman–Crippen MR) is 59.8 cm³/mol. The lowest BCUT2D eigenvalue weighted by Crippen LogP contribution is -2.01. The molecule has 0 saturated heterocycles. The zero-order valence-corrected chi connectivity index (χ0v) is 9.78. The summed E-state index contributed by atoms with van der Waals surface area (Å²) in [4.78, 5) is 0. The van der Waals surface area contributed by atoms with Crippen molar-refractivity contribution in [1.29, 1.82) is 0 Å². The van der Waals surface area contributed by atoms with Crippen molar-refractivity contribution in [3.63, 3.8) is 0 Å². The molecule has 3 nitrogen and oxygen atoms in total. The average molecular weight is 216 g/mol. The molecule has 0 aliphatic heterocycles. The van der Waals surface area contributed by atoms with Crippen molar-refractivity contribution < 1.29 is 14.6 Å². The lowest BCUT2D eigenvalue weighted by molar-refractivity contribution is 0.0982. The molecule has 1 aliphatic carbocycles. The van der Waals surface area contributed by atoms with E-state index in [-0.39, 0.29) is 0 Å². The Labute approximate surface area is 92.8 Å². The van der Waals surface area contributed by atoms with Crippen LogP contribution in [0, 0.1) is 11.8 Å². The third-order valence-corrected chi connectivity index (χ3v) is 3.07. The van der Waals surface area contributed by atoms with Crippen LogP contribution in [0.1, 0.15) is 32.1 Å². The quantitative estimate of drug-likeness (QED) is 0.566. The Hall–Kier alpha value is -0.120. The molecule has 0 aromatic heterocycles. The molecule has 0 amide bonds. The van der Waals surface area contributed by atoms with Gasteiger partial charge in [0.25, 0.3) is 0 Å². The molecular formula is C12H24O3. The molecule has 15 heavy (non-hydrogen) atoms. The molecule has 0 radical (unpaired) electrons. The lowest BCUT2D eigenvalue weighted by Gasteiger charge is -2.03. The highest BCUT2D eigenvalue weighted by Gasteiger charge is 2.35. The fraction of sp³-hybridized carbons (Fsp3) is 1.00. The van der Waals surface area contributed by atoms with Gasteiger partial charge in [-0.05, 0) is 43.9 Å². The number of hydrogen-bond acceptors (Lipinski definition) is 3. The van der Waals surface area contributed by atoms with E-state index in [0.29, 0.717) is 6.61 Å². The van der Waals surface area contributed by atoms with Crippen molar-refractivity contribution in [3.05, 3.63) is 0 Å². The molecule has 0 spiro atoms. The van der Waals surface area contributed by atoms with Gasteiger partial charge in [0.1, 0.15) is 0 Å². The third-order valence-electron chi connectivity index (χ3n) is 3.07. The number of aliphatic hydroxyl groups excluding tert-OH is 1. The van der Waals surface area contributed by atoms with Crippen LogP contribution in [0.2, 0.25) is 0 Å². The third kappa shape index (κ3) is 6.13. The van der Waals surface area contributed by atoms with Crippen LogP contribution < -0.4 is 0 Å². The number of hydrogen-bond donors (Lipinski definition) is 1. The maximum absolute atomic E-state index is 8.69. The minimum atomic E-state index is 0.344. The Kier molecular flexibility index (Phi) is 6.98. The van der Waals surface area contributed by atoms with Gasteiger partial charge in [-0.25, -0.2) is 0 Å². The number of methoxy groups -OCH3 is 1. The fourth-order valence-electron chi connectivity index (χ4n) is 2.01. The first-order valence-corrected chi connectivity index (χ1v) is 6.06. The Morgan fingerprint density at radius 3 is 2.60 bits per heavy atom. The van der Waals surface area contributed by atoms with Crippen LogP contribution in [0.25, 0.3) is 0 Å². The van der Waals surface area contributed by atoms with E-state index in [1.54, 1.807) is 7.11 Å². The first-order valence-electron chi connectivity index (χ1n) is 6.06. The molecule has 2 atom stereocenters. The summed E-state index contributed by atoms with van der Waals surface area (Å²) in [6, 6.07) is 0. The van der Waals surface area contributed by atoms with E-state index < -0.39 is 0 Å². The second-order valence-corrected chi connectivity index (χ2v) is 4.37. The summed E-state index contributed by atoms with van der Waals surface area (Å²) >= 11 is 0. The standard InChI is InChI=1S/C12H24O3/c1-14-7-3-8-15-9-5-12-10-11(12)4-2-6-13/h11-13H,2-10H2,1H3/t11?,12-/m0/s1. The van der Waals surface area contributed by atoms with Gasteiger partial charge in [0.05, 0.1) is 0 Å². The molecule has 0 aromatic rings. The van der Waals surface area contributed by atoms with Crippen LogP contribution in [0.15, 0.2) is 0 Å². The van der Waals surface area contributed by atoms with Gasteiger partial charge in [0, 0.05) is 33.5 Å². The van der Waals surface area contributed by atoms with E-state index in [1.165, 1.54) is 19.3 Å². The maximum Gasteiger partial charge on any atom is 0.0487 e. The second kappa shape index (κ2) is 8.08. The minimum absolute atomic E-state index is 0.344. The molecule has 0 bridgehead atoms. The molecule has 1 fully saturated rings. The minimum Gasteiger partial charge on any atom is -0.396 e. The van der Waals surface area contributed by atoms with Gasteiger partial charge in [0.15, 0.2) is 0 Å². The zero-order valence-electron chi connectivity index (χ0n) is 9.78. The normalized spacial score (nSPS) is 24.4. The van der Waals surface area contributed by atoms with Crippen molar-refractivity contribution in [2.45, 2.75) is 32.1 Å². The summed E-state index contributed by atoms with van der Waals surface area (Å²) in [5.74, 6) is 1.75. The van der Waals surface area contributed by atoms with Crippen LogP contribution in [0.4, 0.5) is 0 Å². The zero-order chi connectivity index (χ0) is 10.9. The highest BCUT2D eigenvalue weighted by atomic mass is 16.5. The van der Waals surface area contributed by atoms with Crippen molar-refractivity contribution in [2.75, 3.05) is 33.5 Å². The van der Waals surface area contributed by atoms with Crippen molar-refractivity contribution in [2.24, 2.45) is 11.8 Å². The molecular weight excluding hydrogens is 192 g/mol. The summed E-state index contributed by atoms with van der Waals surface area (Å²) in [7, 11) is 1.72. The number of aliphatic hydroxyl groups is 1. The summed E-state index contributed by atoms with van der Waals surface area (Å²) in [5, 5.41) is 8.69. The lowest BCUT2D eigenvalue weighted by atomic mass is 10.1. The van der Waals surface area contributed by atoms with Gasteiger partial charge in [-0.1, -0.05) is 0 Å². The molecule has 1 N–H and O–H groups in total. The summed E-state index contributed by atoms with van der Waals surface area (Å²) in [6.07, 6.45) is 5.71. The van der Waals surface area contributed by atoms with Crippen molar-refractivity contribution >= 4 is 0 Å². The van der Waals surface area contributed by atoms with Crippen LogP contribution in [0.3, 0.4) is 0 Å². The molecule has 1 unspecified atom stereocenters. The Balaban J connectivity index is 1.78. The van der Waals surface area contributed by atoms with E-state index in [4.69, 9.17) is 14.6 Å². The van der Waals surface area contributed by atoms with Crippen molar-refractivity contribution in [1.82, 2.24) is 0 Å². The van der Waals surface area contributed by atoms with Crippen molar-refractivity contribution in [3.8, 4) is 0 Å². The molecule has 1 aliphatic rings. The van der Waals surface area contributed by atoms with Crippen LogP contribution in [-0.4, -0.2) is 38.6 Å². The Morgan fingerprint density at radius 2 is 1.87 bits per heavy atom. The Bertz CT molecular complexity index is 150. The smallest absolute Gasteiger partial charge is 0.0487 e. The predicted octanol–water partition coefficient (Wildman–Crippen LogP) is 1.84. The van der Waals surface area contributed by atoms with Gasteiger partial charge in [-0.3, -0.25) is 0 Å². The van der Waals surface area contributed by atoms with E-state index >= 15 is 0 Å². The fourth-order valence-corrected chi connectivity index (χ4v) is 2.01. The molecule has 1 rings (SSSR count). The van der Waals surface area contributed by atoms with Crippen LogP contribution in [-0.2, 0) is 9.47 Å². The molecule has 3 heteroatoms. The largest absolute Gasteiger partial charge is 0.396 e. The van der Waals surface area contributed by atoms with Gasteiger partial charge in [-0.2, -0.15) is 0 Å². The van der Waals surface area contributed by atoms with Gasteiger partial charge < -0.3 is 14.6 Å². The highest BCUT2D eigenvalue weighted by Crippen LogP contribution is 2.44. The summed E-state index contributed by atoms with van der Waals surface area (Å²) in [6.45, 7) is 2.85. The van der Waals surface area contributed by atoms with E-state index in [1.807, 2.05) is 0 Å². The van der Waals surface area contributed by atoms with Crippen LogP contribution >= 0.6 is 0 Å². The highest BCUT2D eigenvalue weighted by molar-refractivity contribution is 4.85. The summed E-state index contributed by atoms with van der Waals surface area (Å²) < 4.78 is 10.4. The molecule has 1 saturated carbocycles. The van der Waals surface area contributed by atoms with Gasteiger partial charge >= 0.3 is 0 Å². The summed E-state index contributed by atoms with van der Waals surface area (Å²) in [5.41, 5.74) is 0. The number of ether oxygens (including phenoxy) is 2. The average Bonchev–Trinajstić information content (AvgIpc) is 2.99. The maximum atomic E-state index is 8.69. The van der Waals surface area contributed by atoms with E-state index in [9.17, 15) is 0 Å². The SMILES string of the molecule is COCCCOCC[C@H]1CC1CCCO. The first kappa shape index (κ1) is 12.9. The Morgan fingerprint density at radius 1 is 1.07 bits per heavy atom. The monoisotopic (exact) mass is 216 g/mol. The van der Waals surface area contributed by atoms with E-state index in [0.717, 1.165) is 44.5 Å².